The molecule has 1 aliphatic heterocycles. The van der Waals surface area contributed by atoms with Gasteiger partial charge in [0.25, 0.3) is 11.8 Å². The number of methoxy groups -OCH3 is 1. The van der Waals surface area contributed by atoms with E-state index in [9.17, 15) is 19.2 Å². The van der Waals surface area contributed by atoms with Gasteiger partial charge in [-0.25, -0.2) is 4.90 Å². The fraction of sp³-hybridized carbons (Fsp3) is 0.333. The van der Waals surface area contributed by atoms with Crippen molar-refractivity contribution in [2.45, 2.75) is 45.7 Å². The fourth-order valence-electron chi connectivity index (χ4n) is 3.73. The van der Waals surface area contributed by atoms with Gasteiger partial charge in [-0.15, -0.1) is 0 Å². The lowest BCUT2D eigenvalue weighted by Gasteiger charge is -2.39. The summed E-state index contributed by atoms with van der Waals surface area (Å²) in [5.41, 5.74) is -0.0135. The Labute approximate surface area is 186 Å². The second-order valence-electron chi connectivity index (χ2n) is 8.45. The van der Waals surface area contributed by atoms with Crippen LogP contribution in [-0.4, -0.2) is 47.3 Å². The minimum Gasteiger partial charge on any atom is -0.497 e. The summed E-state index contributed by atoms with van der Waals surface area (Å²) in [7, 11) is 1.51. The molecule has 0 spiro atoms. The molecule has 0 aromatic heterocycles. The predicted molar refractivity (Wildman–Crippen MR) is 118 cm³/mol. The van der Waals surface area contributed by atoms with Crippen LogP contribution in [0.2, 0.25) is 0 Å². The van der Waals surface area contributed by atoms with Crippen LogP contribution < -0.4 is 14.4 Å². The van der Waals surface area contributed by atoms with Crippen LogP contribution >= 0.6 is 0 Å². The Hall–Kier alpha value is -3.68. The first-order valence-corrected chi connectivity index (χ1v) is 10.2. The molecule has 1 atom stereocenters. The van der Waals surface area contributed by atoms with E-state index in [1.165, 1.54) is 43.2 Å². The lowest BCUT2D eigenvalue weighted by molar-refractivity contribution is -0.132. The van der Waals surface area contributed by atoms with E-state index >= 15 is 0 Å². The Balaban J connectivity index is 1.92. The van der Waals surface area contributed by atoms with Crippen LogP contribution in [0.5, 0.6) is 11.5 Å². The van der Waals surface area contributed by atoms with Gasteiger partial charge < -0.3 is 14.4 Å². The molecule has 168 valence electrons. The monoisotopic (exact) mass is 438 g/mol. The number of carbonyl (C=O) groups is 4. The molecule has 0 aliphatic carbocycles. The maximum absolute atomic E-state index is 13.4. The molecule has 3 amide bonds. The normalized spacial score (nSPS) is 16.2. The highest BCUT2D eigenvalue weighted by atomic mass is 16.5. The van der Waals surface area contributed by atoms with Gasteiger partial charge in [-0.3, -0.25) is 19.2 Å². The lowest BCUT2D eigenvalue weighted by atomic mass is 9.99. The van der Waals surface area contributed by atoms with Crippen LogP contribution in [0, 0.1) is 0 Å². The molecule has 2 aromatic carbocycles. The number of anilines is 1. The van der Waals surface area contributed by atoms with E-state index in [4.69, 9.17) is 9.47 Å². The van der Waals surface area contributed by atoms with Crippen molar-refractivity contribution in [2.24, 2.45) is 0 Å². The highest BCUT2D eigenvalue weighted by Crippen LogP contribution is 2.32. The van der Waals surface area contributed by atoms with Crippen molar-refractivity contribution in [1.82, 2.24) is 4.90 Å². The summed E-state index contributed by atoms with van der Waals surface area (Å²) in [5.74, 6) is -0.901. The van der Waals surface area contributed by atoms with Gasteiger partial charge in [0.2, 0.25) is 5.91 Å². The number of carbonyl (C=O) groups excluding carboxylic acids is 4. The number of imide groups is 1. The van der Waals surface area contributed by atoms with E-state index in [-0.39, 0.29) is 12.3 Å². The molecule has 1 heterocycles. The Morgan fingerprint density at radius 3 is 2.25 bits per heavy atom. The molecule has 2 aromatic rings. The van der Waals surface area contributed by atoms with Crippen LogP contribution in [0.3, 0.4) is 0 Å². The van der Waals surface area contributed by atoms with Crippen molar-refractivity contribution < 1.29 is 28.7 Å². The quantitative estimate of drug-likeness (QED) is 0.404. The molecule has 0 N–H and O–H groups in total. The summed E-state index contributed by atoms with van der Waals surface area (Å²) in [4.78, 5) is 53.2. The van der Waals surface area contributed by atoms with Crippen molar-refractivity contribution in [3.05, 3.63) is 54.1 Å². The summed E-state index contributed by atoms with van der Waals surface area (Å²) in [6.07, 6.45) is -0.127. The van der Waals surface area contributed by atoms with Crippen molar-refractivity contribution in [1.29, 1.82) is 0 Å². The molecular weight excluding hydrogens is 412 g/mol. The average Bonchev–Trinajstić information content (AvgIpc) is 3.01. The van der Waals surface area contributed by atoms with Gasteiger partial charge in [0.1, 0.15) is 17.5 Å². The zero-order valence-corrected chi connectivity index (χ0v) is 18.7. The predicted octanol–water partition coefficient (Wildman–Crippen LogP) is 3.19. The van der Waals surface area contributed by atoms with Gasteiger partial charge in [-0.1, -0.05) is 6.07 Å². The fourth-order valence-corrected chi connectivity index (χ4v) is 3.73. The van der Waals surface area contributed by atoms with Gasteiger partial charge in [-0.2, -0.15) is 0 Å². The van der Waals surface area contributed by atoms with Crippen LogP contribution in [0.1, 0.15) is 44.5 Å². The third-order valence-electron chi connectivity index (χ3n) is 5.05. The van der Waals surface area contributed by atoms with Crippen molar-refractivity contribution in [2.75, 3.05) is 12.0 Å². The summed E-state index contributed by atoms with van der Waals surface area (Å²) in [5, 5.41) is 0. The molecule has 1 aliphatic rings. The molecule has 1 fully saturated rings. The second-order valence-corrected chi connectivity index (χ2v) is 8.45. The molecule has 8 heteroatoms. The first-order chi connectivity index (χ1) is 15.0. The van der Waals surface area contributed by atoms with Gasteiger partial charge in [0.05, 0.1) is 19.2 Å². The number of ether oxygens (including phenoxy) is 2. The molecule has 0 radical (unpaired) electrons. The summed E-state index contributed by atoms with van der Waals surface area (Å²) < 4.78 is 10.2. The van der Waals surface area contributed by atoms with Crippen LogP contribution in [0.4, 0.5) is 5.69 Å². The van der Waals surface area contributed by atoms with Gasteiger partial charge in [0, 0.05) is 18.0 Å². The van der Waals surface area contributed by atoms with Gasteiger partial charge in [-0.05, 0) is 63.2 Å². The first-order valence-electron chi connectivity index (χ1n) is 10.2. The van der Waals surface area contributed by atoms with E-state index in [1.807, 2.05) is 20.8 Å². The number of rotatable bonds is 5. The molecular formula is C24H26N2O6. The summed E-state index contributed by atoms with van der Waals surface area (Å²) in [6, 6.07) is 11.8. The zero-order valence-electron chi connectivity index (χ0n) is 18.7. The number of amides is 3. The highest BCUT2D eigenvalue weighted by molar-refractivity contribution is 6.23. The SMILES string of the molecule is COc1cccc(C(=O)N(C2CC(=O)N(c3ccc(OC(C)=O)cc3)C2=O)C(C)(C)C)c1. The standard InChI is InChI=1S/C24H26N2O6/c1-15(27)32-18-11-9-17(10-12-18)25-21(28)14-20(23(25)30)26(24(2,3)4)22(29)16-7-6-8-19(13-16)31-5/h6-13,20H,14H2,1-5H3. The molecule has 32 heavy (non-hydrogen) atoms. The van der Waals surface area contributed by atoms with Gasteiger partial charge >= 0.3 is 5.97 Å². The molecule has 0 bridgehead atoms. The Kier molecular flexibility index (Phi) is 6.34. The van der Waals surface area contributed by atoms with E-state index < -0.39 is 29.4 Å². The molecule has 3 rings (SSSR count). The number of hydrogen-bond donors (Lipinski definition) is 0. The lowest BCUT2D eigenvalue weighted by Crippen LogP contribution is -2.54. The summed E-state index contributed by atoms with van der Waals surface area (Å²) >= 11 is 0. The van der Waals surface area contributed by atoms with E-state index in [1.54, 1.807) is 24.3 Å². The van der Waals surface area contributed by atoms with Crippen LogP contribution in [0.15, 0.2) is 48.5 Å². The number of esters is 1. The second kappa shape index (κ2) is 8.82. The Bertz CT molecular complexity index is 1050. The third-order valence-corrected chi connectivity index (χ3v) is 5.05. The summed E-state index contributed by atoms with van der Waals surface area (Å²) in [6.45, 7) is 6.74. The van der Waals surface area contributed by atoms with Crippen LogP contribution in [-0.2, 0) is 14.4 Å². The van der Waals surface area contributed by atoms with E-state index in [0.29, 0.717) is 22.7 Å². The number of benzene rings is 2. The average molecular weight is 438 g/mol. The third kappa shape index (κ3) is 4.64. The smallest absolute Gasteiger partial charge is 0.308 e. The van der Waals surface area contributed by atoms with E-state index in [0.717, 1.165) is 4.90 Å². The maximum atomic E-state index is 13.4. The molecule has 0 saturated carbocycles. The van der Waals surface area contributed by atoms with Crippen LogP contribution in [0.25, 0.3) is 0 Å². The minimum atomic E-state index is -0.950. The number of hydrogen-bond acceptors (Lipinski definition) is 6. The van der Waals surface area contributed by atoms with Crippen molar-refractivity contribution in [3.8, 4) is 11.5 Å². The van der Waals surface area contributed by atoms with Crippen molar-refractivity contribution >= 4 is 29.4 Å². The molecule has 1 saturated heterocycles. The first kappa shape index (κ1) is 23.0. The van der Waals surface area contributed by atoms with E-state index in [2.05, 4.69) is 0 Å². The molecule has 8 nitrogen and oxygen atoms in total. The Morgan fingerprint density at radius 2 is 1.69 bits per heavy atom. The van der Waals surface area contributed by atoms with Gasteiger partial charge in [0.15, 0.2) is 0 Å². The highest BCUT2D eigenvalue weighted by Gasteiger charge is 2.47. The van der Waals surface area contributed by atoms with Crippen molar-refractivity contribution in [3.63, 3.8) is 0 Å². The maximum Gasteiger partial charge on any atom is 0.308 e. The topological polar surface area (TPSA) is 93.2 Å². The molecule has 1 unspecified atom stereocenters. The largest absolute Gasteiger partial charge is 0.497 e. The minimum absolute atomic E-state index is 0.127. The number of nitrogens with zero attached hydrogens (tertiary/aromatic N) is 2. The zero-order chi connectivity index (χ0) is 23.6. The Morgan fingerprint density at radius 1 is 1.03 bits per heavy atom.